The molecule has 1 aliphatic carbocycles. The first-order chi connectivity index (χ1) is 16.6. The molecular weight excluding hydrogens is 450 g/mol. The van der Waals surface area contributed by atoms with Crippen LogP contribution in [0, 0.1) is 0 Å². The average Bonchev–Trinajstić information content (AvgIpc) is 3.45. The first-order valence-electron chi connectivity index (χ1n) is 12.6. The van der Waals surface area contributed by atoms with Crippen LogP contribution in [-0.2, 0) is 4.74 Å². The van der Waals surface area contributed by atoms with Gasteiger partial charge in [-0.25, -0.2) is 4.79 Å². The molecule has 3 heterocycles. The molecule has 11 heteroatoms. The van der Waals surface area contributed by atoms with Crippen molar-refractivity contribution in [3.05, 3.63) is 11.8 Å². The van der Waals surface area contributed by atoms with Gasteiger partial charge in [-0.3, -0.25) is 4.90 Å². The summed E-state index contributed by atoms with van der Waals surface area (Å²) in [6.45, 7) is 9.84. The van der Waals surface area contributed by atoms with Crippen LogP contribution in [0.5, 0.6) is 6.01 Å². The molecule has 2 aliphatic heterocycles. The standard InChI is InChI=1S/C24H39N7O4/c1-15(17-10-7-11-29(17)5)34-22-26-16(21(25)28-33)14-20(27-22)30-12-13-31(19-9-6-8-18(19)30)23(32)35-24(2,3)4/h14-15,17-19,33H,6-13H2,1-5H3,(H2,25,28)/t15-,17-,18?,19?/m0/s1. The van der Waals surface area contributed by atoms with Gasteiger partial charge in [-0.2, -0.15) is 9.97 Å². The number of hydrogen-bond donors (Lipinski definition) is 2. The third kappa shape index (κ3) is 5.55. The van der Waals surface area contributed by atoms with Crippen molar-refractivity contribution >= 4 is 17.7 Å². The lowest BCUT2D eigenvalue weighted by molar-refractivity contribution is 0.0114. The van der Waals surface area contributed by atoms with E-state index in [0.29, 0.717) is 24.6 Å². The summed E-state index contributed by atoms with van der Waals surface area (Å²) in [5, 5.41) is 12.4. The van der Waals surface area contributed by atoms with Crippen LogP contribution in [-0.4, -0.2) is 93.4 Å². The molecule has 3 N–H and O–H groups in total. The number of carbonyl (C=O) groups is 1. The van der Waals surface area contributed by atoms with E-state index in [2.05, 4.69) is 27.0 Å². The second-order valence-corrected chi connectivity index (χ2v) is 10.8. The Labute approximate surface area is 207 Å². The van der Waals surface area contributed by atoms with Crippen LogP contribution in [0.1, 0.15) is 65.5 Å². The van der Waals surface area contributed by atoms with Gasteiger partial charge in [0.05, 0.1) is 12.1 Å². The molecule has 1 aromatic rings. The summed E-state index contributed by atoms with van der Waals surface area (Å²) in [6, 6.07) is 2.35. The number of nitrogens with two attached hydrogens (primary N) is 1. The predicted octanol–water partition coefficient (Wildman–Crippen LogP) is 2.41. The number of amidine groups is 1. The van der Waals surface area contributed by atoms with Gasteiger partial charge in [0.1, 0.15) is 23.2 Å². The normalized spacial score (nSPS) is 26.5. The minimum atomic E-state index is -0.540. The minimum absolute atomic E-state index is 0.0382. The van der Waals surface area contributed by atoms with E-state index in [0.717, 1.165) is 38.6 Å². The smallest absolute Gasteiger partial charge is 0.410 e. The number of fused-ring (bicyclic) bond motifs is 1. The van der Waals surface area contributed by atoms with Gasteiger partial charge in [-0.1, -0.05) is 5.16 Å². The van der Waals surface area contributed by atoms with E-state index in [4.69, 9.17) is 20.2 Å². The predicted molar refractivity (Wildman–Crippen MR) is 132 cm³/mol. The lowest BCUT2D eigenvalue weighted by Gasteiger charge is -2.45. The highest BCUT2D eigenvalue weighted by Crippen LogP contribution is 2.35. The fourth-order valence-electron chi connectivity index (χ4n) is 5.60. The Morgan fingerprint density at radius 3 is 2.57 bits per heavy atom. The molecule has 0 radical (unpaired) electrons. The molecule has 4 rings (SSSR count). The van der Waals surface area contributed by atoms with Crippen LogP contribution in [0.25, 0.3) is 0 Å². The van der Waals surface area contributed by atoms with Gasteiger partial charge < -0.3 is 30.2 Å². The summed E-state index contributed by atoms with van der Waals surface area (Å²) in [5.74, 6) is 0.559. The highest BCUT2D eigenvalue weighted by Gasteiger charge is 2.44. The van der Waals surface area contributed by atoms with Crippen LogP contribution >= 0.6 is 0 Å². The van der Waals surface area contributed by atoms with E-state index in [1.807, 2.05) is 32.6 Å². The van der Waals surface area contributed by atoms with Gasteiger partial charge in [0.2, 0.25) is 0 Å². The largest absolute Gasteiger partial charge is 0.459 e. The molecule has 0 aromatic carbocycles. The van der Waals surface area contributed by atoms with Crippen LogP contribution in [0.2, 0.25) is 0 Å². The van der Waals surface area contributed by atoms with Gasteiger partial charge in [0.25, 0.3) is 0 Å². The molecule has 0 bridgehead atoms. The van der Waals surface area contributed by atoms with Crippen molar-refractivity contribution < 1.29 is 19.5 Å². The molecule has 4 atom stereocenters. The maximum absolute atomic E-state index is 12.9. The zero-order chi connectivity index (χ0) is 25.3. The monoisotopic (exact) mass is 489 g/mol. The summed E-state index contributed by atoms with van der Waals surface area (Å²) >= 11 is 0. The molecule has 3 aliphatic rings. The molecule has 1 amide bonds. The summed E-state index contributed by atoms with van der Waals surface area (Å²) in [6.07, 6.45) is 4.67. The molecular formula is C24H39N7O4. The quantitative estimate of drug-likeness (QED) is 0.277. The summed E-state index contributed by atoms with van der Waals surface area (Å²) in [7, 11) is 2.10. The lowest BCUT2D eigenvalue weighted by Crippen LogP contribution is -2.60. The van der Waals surface area contributed by atoms with Crippen LogP contribution in [0.15, 0.2) is 11.2 Å². The number of ether oxygens (including phenoxy) is 2. The molecule has 0 spiro atoms. The Morgan fingerprint density at radius 2 is 1.91 bits per heavy atom. The third-order valence-electron chi connectivity index (χ3n) is 7.22. The first-order valence-corrected chi connectivity index (χ1v) is 12.6. The maximum Gasteiger partial charge on any atom is 0.410 e. The Kier molecular flexibility index (Phi) is 7.25. The van der Waals surface area contributed by atoms with E-state index in [-0.39, 0.29) is 42.2 Å². The highest BCUT2D eigenvalue weighted by atomic mass is 16.6. The minimum Gasteiger partial charge on any atom is -0.459 e. The van der Waals surface area contributed by atoms with Crippen molar-refractivity contribution in [2.24, 2.45) is 10.9 Å². The van der Waals surface area contributed by atoms with Crippen LogP contribution in [0.3, 0.4) is 0 Å². The van der Waals surface area contributed by atoms with Crippen molar-refractivity contribution in [1.82, 2.24) is 19.8 Å². The number of likely N-dealkylation sites (tertiary alicyclic amines) is 1. The van der Waals surface area contributed by atoms with Crippen LogP contribution in [0.4, 0.5) is 10.6 Å². The average molecular weight is 490 g/mol. The number of anilines is 1. The van der Waals surface area contributed by atoms with E-state index >= 15 is 0 Å². The molecule has 2 unspecified atom stereocenters. The van der Waals surface area contributed by atoms with Crippen molar-refractivity contribution in [2.75, 3.05) is 31.6 Å². The summed E-state index contributed by atoms with van der Waals surface area (Å²) in [4.78, 5) is 28.4. The van der Waals surface area contributed by atoms with Gasteiger partial charge in [-0.05, 0) is 73.4 Å². The molecule has 194 valence electrons. The number of carbonyl (C=O) groups excluding carboxylic acids is 1. The Bertz CT molecular complexity index is 950. The van der Waals surface area contributed by atoms with E-state index in [1.165, 1.54) is 0 Å². The third-order valence-corrected chi connectivity index (χ3v) is 7.22. The topological polar surface area (TPSA) is 130 Å². The second-order valence-electron chi connectivity index (χ2n) is 10.8. The van der Waals surface area contributed by atoms with Crippen LogP contribution < -0.4 is 15.4 Å². The Balaban J connectivity index is 1.59. The van der Waals surface area contributed by atoms with Crippen molar-refractivity contribution in [1.29, 1.82) is 0 Å². The second kappa shape index (κ2) is 10.0. The number of hydrogen-bond acceptors (Lipinski definition) is 9. The zero-order valence-electron chi connectivity index (χ0n) is 21.5. The van der Waals surface area contributed by atoms with Crippen molar-refractivity contribution in [3.63, 3.8) is 0 Å². The van der Waals surface area contributed by atoms with Crippen molar-refractivity contribution in [3.8, 4) is 6.01 Å². The Morgan fingerprint density at radius 1 is 1.17 bits per heavy atom. The van der Waals surface area contributed by atoms with E-state index in [1.54, 1.807) is 6.07 Å². The number of nitrogens with zero attached hydrogens (tertiary/aromatic N) is 6. The molecule has 11 nitrogen and oxygen atoms in total. The molecule has 1 saturated carbocycles. The number of piperazine rings is 1. The molecule has 35 heavy (non-hydrogen) atoms. The fraction of sp³-hybridized carbons (Fsp3) is 0.750. The van der Waals surface area contributed by atoms with Gasteiger partial charge in [0.15, 0.2) is 5.84 Å². The summed E-state index contributed by atoms with van der Waals surface area (Å²) < 4.78 is 11.9. The van der Waals surface area contributed by atoms with E-state index in [9.17, 15) is 10.0 Å². The SMILES string of the molecule is C[C@H](Oc1nc(/C(N)=N/O)cc(N2CCN(C(=O)OC(C)(C)C)C3CCCC32)n1)[C@@H]1CCCN1C. The summed E-state index contributed by atoms with van der Waals surface area (Å²) in [5.41, 5.74) is 5.69. The number of amides is 1. The molecule has 3 fully saturated rings. The number of rotatable bonds is 5. The molecule has 2 saturated heterocycles. The number of oxime groups is 1. The fourth-order valence-corrected chi connectivity index (χ4v) is 5.60. The van der Waals surface area contributed by atoms with E-state index < -0.39 is 5.60 Å². The first kappa shape index (κ1) is 25.3. The van der Waals surface area contributed by atoms with Gasteiger partial charge in [-0.15, -0.1) is 0 Å². The van der Waals surface area contributed by atoms with Crippen molar-refractivity contribution in [2.45, 2.75) is 89.6 Å². The maximum atomic E-state index is 12.9. The number of likely N-dealkylation sites (N-methyl/N-ethyl adjacent to an activating group) is 1. The zero-order valence-corrected chi connectivity index (χ0v) is 21.5. The Hall–Kier alpha value is -2.82. The highest BCUT2D eigenvalue weighted by molar-refractivity contribution is 5.95. The number of aromatic nitrogens is 2. The van der Waals surface area contributed by atoms with Gasteiger partial charge in [0, 0.05) is 25.2 Å². The lowest BCUT2D eigenvalue weighted by atomic mass is 10.1. The van der Waals surface area contributed by atoms with Gasteiger partial charge >= 0.3 is 12.1 Å². The molecule has 1 aromatic heterocycles.